The Morgan fingerprint density at radius 2 is 0.733 bits per heavy atom. The van der Waals surface area contributed by atoms with E-state index in [1.165, 1.54) is 27.2 Å². The van der Waals surface area contributed by atoms with Gasteiger partial charge in [-0.1, -0.05) is 48.5 Å². The van der Waals surface area contributed by atoms with Crippen LogP contribution >= 0.6 is 0 Å². The fourth-order valence-electron chi connectivity index (χ4n) is 5.68. The lowest BCUT2D eigenvalue weighted by Gasteiger charge is -2.19. The van der Waals surface area contributed by atoms with Crippen molar-refractivity contribution in [3.05, 3.63) is 59.7 Å². The fourth-order valence-corrected chi connectivity index (χ4v) is 5.68. The summed E-state index contributed by atoms with van der Waals surface area (Å²) in [5.74, 6) is -0.846. The average molecular weight is 854 g/mol. The highest BCUT2D eigenvalue weighted by molar-refractivity contribution is 5.79. The molecule has 340 valence electrons. The Kier molecular flexibility index (Phi) is 30.0. The number of ether oxygens (including phenoxy) is 13. The molecule has 1 N–H and O–H groups in total. The predicted molar refractivity (Wildman–Crippen MR) is 220 cm³/mol. The van der Waals surface area contributed by atoms with Crippen LogP contribution in [-0.2, 0) is 66.4 Å². The number of hydrogen-bond donors (Lipinski definition) is 1. The van der Waals surface area contributed by atoms with Crippen molar-refractivity contribution in [2.75, 3.05) is 179 Å². The molecule has 0 aromatic heterocycles. The van der Waals surface area contributed by atoms with Crippen molar-refractivity contribution < 1.29 is 76.3 Å². The minimum Gasteiger partial charge on any atom is -0.481 e. The second-order valence-corrected chi connectivity index (χ2v) is 13.2. The molecule has 1 aliphatic rings. The summed E-state index contributed by atoms with van der Waals surface area (Å²) in [4.78, 5) is 24.5. The van der Waals surface area contributed by atoms with Crippen LogP contribution in [0.2, 0.25) is 0 Å². The van der Waals surface area contributed by atoms with Gasteiger partial charge in [0, 0.05) is 19.5 Å². The van der Waals surface area contributed by atoms with Crippen molar-refractivity contribution in [2.24, 2.45) is 0 Å². The van der Waals surface area contributed by atoms with E-state index in [9.17, 15) is 9.59 Å². The standard InChI is InChI=1S/C43H67NO16/c1-44(43(47)60-36-41-39-8-4-2-6-37(39)38-7-3-5-9-40(38)41)11-13-49-15-17-51-19-21-53-23-25-55-27-29-57-31-33-59-35-34-58-32-30-56-28-26-54-24-22-52-20-18-50-16-14-48-12-10-42(45)46/h2-9,41H,10-36H2,1H3,(H,45,46). The van der Waals surface area contributed by atoms with Crippen LogP contribution in [-0.4, -0.2) is 201 Å². The summed E-state index contributed by atoms with van der Waals surface area (Å²) in [5, 5.41) is 8.51. The first-order valence-corrected chi connectivity index (χ1v) is 20.8. The van der Waals surface area contributed by atoms with Gasteiger partial charge in [-0.3, -0.25) is 4.79 Å². The van der Waals surface area contributed by atoms with Crippen molar-refractivity contribution in [1.29, 1.82) is 0 Å². The molecule has 17 nitrogen and oxygen atoms in total. The number of hydrogen-bond acceptors (Lipinski definition) is 15. The van der Waals surface area contributed by atoms with E-state index in [0.29, 0.717) is 165 Å². The van der Waals surface area contributed by atoms with Gasteiger partial charge in [0.2, 0.25) is 0 Å². The lowest BCUT2D eigenvalue weighted by Crippen LogP contribution is -2.32. The average Bonchev–Trinajstić information content (AvgIpc) is 3.58. The lowest BCUT2D eigenvalue weighted by atomic mass is 9.98. The number of carbonyl (C=O) groups excluding carboxylic acids is 1. The zero-order chi connectivity index (χ0) is 42.6. The van der Waals surface area contributed by atoms with Crippen molar-refractivity contribution in [1.82, 2.24) is 4.90 Å². The van der Waals surface area contributed by atoms with E-state index in [0.717, 1.165) is 0 Å². The Balaban J connectivity index is 0.942. The molecule has 0 unspecified atom stereocenters. The summed E-state index contributed by atoms with van der Waals surface area (Å²) >= 11 is 0. The van der Waals surface area contributed by atoms with E-state index in [2.05, 4.69) is 24.3 Å². The number of rotatable bonds is 41. The molecule has 17 heteroatoms. The van der Waals surface area contributed by atoms with Crippen molar-refractivity contribution in [3.8, 4) is 11.1 Å². The summed E-state index contributed by atoms with van der Waals surface area (Å²) in [5.41, 5.74) is 4.78. The molecular weight excluding hydrogens is 786 g/mol. The van der Waals surface area contributed by atoms with Gasteiger partial charge < -0.3 is 71.6 Å². The zero-order valence-corrected chi connectivity index (χ0v) is 35.3. The number of amides is 1. The molecule has 0 fully saturated rings. The van der Waals surface area contributed by atoms with E-state index < -0.39 is 5.97 Å². The molecule has 2 aromatic carbocycles. The quantitative estimate of drug-likeness (QED) is 0.0961. The molecule has 60 heavy (non-hydrogen) atoms. The molecule has 0 radical (unpaired) electrons. The van der Waals surface area contributed by atoms with Gasteiger partial charge in [0.05, 0.1) is 165 Å². The molecular formula is C43H67NO16. The highest BCUT2D eigenvalue weighted by Gasteiger charge is 2.29. The number of carboxylic acids is 1. The fraction of sp³-hybridized carbons (Fsp3) is 0.674. The number of benzene rings is 2. The van der Waals surface area contributed by atoms with Crippen LogP contribution in [0.5, 0.6) is 0 Å². The van der Waals surface area contributed by atoms with Gasteiger partial charge in [0.1, 0.15) is 6.61 Å². The molecule has 0 spiro atoms. The van der Waals surface area contributed by atoms with Crippen molar-refractivity contribution in [2.45, 2.75) is 12.3 Å². The molecule has 0 saturated carbocycles. The van der Waals surface area contributed by atoms with Crippen LogP contribution in [0, 0.1) is 0 Å². The summed E-state index contributed by atoms with van der Waals surface area (Å²) in [7, 11) is 1.71. The predicted octanol–water partition coefficient (Wildman–Crippen LogP) is 3.54. The van der Waals surface area contributed by atoms with Crippen LogP contribution in [0.3, 0.4) is 0 Å². The largest absolute Gasteiger partial charge is 0.481 e. The normalized spacial score (nSPS) is 12.2. The minimum absolute atomic E-state index is 0.00790. The Morgan fingerprint density at radius 1 is 0.450 bits per heavy atom. The summed E-state index contributed by atoms with van der Waals surface area (Å²) in [6.07, 6.45) is -0.378. The van der Waals surface area contributed by atoms with Crippen LogP contribution in [0.15, 0.2) is 48.5 Å². The number of carbonyl (C=O) groups is 2. The second-order valence-electron chi connectivity index (χ2n) is 13.2. The maximum absolute atomic E-state index is 12.6. The highest BCUT2D eigenvalue weighted by atomic mass is 16.6. The first-order valence-electron chi connectivity index (χ1n) is 20.8. The topological polar surface area (TPSA) is 178 Å². The Bertz CT molecular complexity index is 1320. The van der Waals surface area contributed by atoms with E-state index in [-0.39, 0.29) is 25.0 Å². The number of fused-ring (bicyclic) bond motifs is 3. The molecule has 1 amide bonds. The molecule has 0 heterocycles. The van der Waals surface area contributed by atoms with E-state index >= 15 is 0 Å². The van der Waals surface area contributed by atoms with E-state index in [4.69, 9.17) is 66.7 Å². The van der Waals surface area contributed by atoms with Gasteiger partial charge in [0.15, 0.2) is 0 Å². The zero-order valence-electron chi connectivity index (χ0n) is 35.3. The third-order valence-electron chi connectivity index (χ3n) is 8.77. The SMILES string of the molecule is CN(CCOCCOCCOCCOCCOCCOCCOCCOCCOCCOCCOCCOCCC(=O)O)C(=O)OCC1c2ccccc2-c2ccccc21. The molecule has 1 aliphatic carbocycles. The highest BCUT2D eigenvalue weighted by Crippen LogP contribution is 2.44. The molecule has 0 aliphatic heterocycles. The molecule has 0 atom stereocenters. The van der Waals surface area contributed by atoms with Gasteiger partial charge >= 0.3 is 12.1 Å². The van der Waals surface area contributed by atoms with Crippen molar-refractivity contribution >= 4 is 12.1 Å². The van der Waals surface area contributed by atoms with Crippen LogP contribution < -0.4 is 0 Å². The number of carboxylic acid groups (broad SMARTS) is 1. The molecule has 0 bridgehead atoms. The van der Waals surface area contributed by atoms with Gasteiger partial charge in [-0.05, 0) is 22.3 Å². The van der Waals surface area contributed by atoms with Crippen molar-refractivity contribution in [3.63, 3.8) is 0 Å². The van der Waals surface area contributed by atoms with E-state index in [1.54, 1.807) is 7.05 Å². The van der Waals surface area contributed by atoms with Gasteiger partial charge in [-0.2, -0.15) is 0 Å². The van der Waals surface area contributed by atoms with E-state index in [1.807, 2.05) is 24.3 Å². The maximum Gasteiger partial charge on any atom is 0.409 e. The summed E-state index contributed by atoms with van der Waals surface area (Å²) < 4.78 is 71.1. The maximum atomic E-state index is 12.6. The van der Waals surface area contributed by atoms with Gasteiger partial charge in [-0.25, -0.2) is 4.79 Å². The monoisotopic (exact) mass is 853 g/mol. The molecule has 0 saturated heterocycles. The van der Waals surface area contributed by atoms with Gasteiger partial charge in [0.25, 0.3) is 0 Å². The Hall–Kier alpha value is -3.30. The lowest BCUT2D eigenvalue weighted by molar-refractivity contribution is -0.138. The van der Waals surface area contributed by atoms with Crippen LogP contribution in [0.25, 0.3) is 11.1 Å². The summed E-state index contributed by atoms with van der Waals surface area (Å²) in [6.45, 7) is 11.3. The Morgan fingerprint density at radius 3 is 1.05 bits per heavy atom. The van der Waals surface area contributed by atoms with Gasteiger partial charge in [-0.15, -0.1) is 0 Å². The van der Waals surface area contributed by atoms with Crippen LogP contribution in [0.1, 0.15) is 23.5 Å². The second kappa shape index (κ2) is 35.3. The Labute approximate surface area is 354 Å². The van der Waals surface area contributed by atoms with Crippen LogP contribution in [0.4, 0.5) is 4.79 Å². The third-order valence-corrected chi connectivity index (χ3v) is 8.77. The number of nitrogens with zero attached hydrogens (tertiary/aromatic N) is 1. The summed E-state index contributed by atoms with van der Waals surface area (Å²) in [6, 6.07) is 16.6. The third kappa shape index (κ3) is 24.2. The number of likely N-dealkylation sites (N-methyl/N-ethyl adjacent to an activating group) is 1. The smallest absolute Gasteiger partial charge is 0.409 e. The first kappa shape index (κ1) is 51.1. The number of aliphatic carboxylic acids is 1. The molecule has 2 aromatic rings. The first-order chi connectivity index (χ1) is 29.6. The molecule has 3 rings (SSSR count). The minimum atomic E-state index is -0.878.